The van der Waals surface area contributed by atoms with Crippen LogP contribution < -0.4 is 9.80 Å². The van der Waals surface area contributed by atoms with E-state index in [9.17, 15) is 14.0 Å². The van der Waals surface area contributed by atoms with Gasteiger partial charge in [0.05, 0.1) is 36.3 Å². The maximum absolute atomic E-state index is 12.7. The van der Waals surface area contributed by atoms with Crippen LogP contribution in [0.3, 0.4) is 0 Å². The monoisotopic (exact) mass is 388 g/mol. The Morgan fingerprint density at radius 1 is 1.29 bits per heavy atom. The van der Waals surface area contributed by atoms with Crippen LogP contribution in [0.25, 0.3) is 11.1 Å². The highest BCUT2D eigenvalue weighted by atomic mass is 19.1. The average Bonchev–Trinajstić information content (AvgIpc) is 3.08. The number of nitrogens with zero attached hydrogens (tertiary/aromatic N) is 4. The van der Waals surface area contributed by atoms with Gasteiger partial charge >= 0.3 is 6.09 Å². The summed E-state index contributed by atoms with van der Waals surface area (Å²) in [4.78, 5) is 28.1. The molecular formula is C20H25FN4O3. The van der Waals surface area contributed by atoms with E-state index in [2.05, 4.69) is 5.10 Å². The number of carbonyl (C=O) groups excluding carboxylic acids is 2. The van der Waals surface area contributed by atoms with Gasteiger partial charge in [0, 0.05) is 25.2 Å². The van der Waals surface area contributed by atoms with Gasteiger partial charge in [-0.2, -0.15) is 5.10 Å². The molecule has 3 rings (SSSR count). The minimum atomic E-state index is -0.494. The van der Waals surface area contributed by atoms with Crippen molar-refractivity contribution in [2.24, 2.45) is 0 Å². The molecule has 0 saturated heterocycles. The maximum Gasteiger partial charge on any atom is 0.414 e. The number of fused-ring (bicyclic) bond motifs is 1. The fraction of sp³-hybridized carbons (Fsp3) is 0.450. The van der Waals surface area contributed by atoms with Crippen molar-refractivity contribution in [1.29, 1.82) is 0 Å². The summed E-state index contributed by atoms with van der Waals surface area (Å²) in [5.74, 6) is -0.0888. The Labute approximate surface area is 163 Å². The summed E-state index contributed by atoms with van der Waals surface area (Å²) in [5.41, 5.74) is 2.90. The van der Waals surface area contributed by atoms with Crippen LogP contribution in [-0.4, -0.2) is 47.1 Å². The number of anilines is 2. The second-order valence-corrected chi connectivity index (χ2v) is 7.17. The van der Waals surface area contributed by atoms with Crippen LogP contribution in [0.15, 0.2) is 30.6 Å². The molecule has 0 N–H and O–H groups in total. The second kappa shape index (κ2) is 8.00. The number of amides is 2. The lowest BCUT2D eigenvalue weighted by Crippen LogP contribution is -2.51. The summed E-state index contributed by atoms with van der Waals surface area (Å²) in [7, 11) is 0. The fourth-order valence-electron chi connectivity index (χ4n) is 3.44. The van der Waals surface area contributed by atoms with Crippen molar-refractivity contribution in [3.63, 3.8) is 0 Å². The Hall–Kier alpha value is -2.90. The lowest BCUT2D eigenvalue weighted by atomic mass is 10.0. The molecule has 2 amide bonds. The minimum absolute atomic E-state index is 0.0888. The molecule has 0 fully saturated rings. The number of rotatable bonds is 4. The number of benzene rings is 1. The molecule has 0 bridgehead atoms. The summed E-state index contributed by atoms with van der Waals surface area (Å²) >= 11 is 0. The zero-order valence-electron chi connectivity index (χ0n) is 16.6. The highest BCUT2D eigenvalue weighted by molar-refractivity contribution is 6.03. The van der Waals surface area contributed by atoms with Crippen LogP contribution in [0, 0.1) is 0 Å². The molecule has 7 nitrogen and oxygen atoms in total. The van der Waals surface area contributed by atoms with Crippen molar-refractivity contribution in [1.82, 2.24) is 9.78 Å². The van der Waals surface area contributed by atoms with Crippen LogP contribution in [0.4, 0.5) is 20.6 Å². The van der Waals surface area contributed by atoms with Gasteiger partial charge in [0.15, 0.2) is 0 Å². The third kappa shape index (κ3) is 3.85. The topological polar surface area (TPSA) is 67.7 Å². The van der Waals surface area contributed by atoms with E-state index in [0.717, 1.165) is 11.1 Å². The Kier molecular flexibility index (Phi) is 5.67. The lowest BCUT2D eigenvalue weighted by molar-refractivity contribution is -0.117. The number of aryl methyl sites for hydroxylation is 1. The zero-order chi connectivity index (χ0) is 20.4. The van der Waals surface area contributed by atoms with Crippen LogP contribution in [0.2, 0.25) is 0 Å². The predicted molar refractivity (Wildman–Crippen MR) is 105 cm³/mol. The summed E-state index contributed by atoms with van der Waals surface area (Å²) in [6.07, 6.45) is 2.71. The molecule has 2 aromatic rings. The highest BCUT2D eigenvalue weighted by Crippen LogP contribution is 2.39. The number of aromatic nitrogens is 2. The first-order valence-corrected chi connectivity index (χ1v) is 9.32. The Morgan fingerprint density at radius 2 is 2.04 bits per heavy atom. The SMILES string of the molecule is CC(=O)N1c2ccc(-c3cnn(CCF)c3)cc2N(C(=O)OC(C)C)C[C@@H]1C. The molecule has 1 aliphatic rings. The van der Waals surface area contributed by atoms with E-state index in [4.69, 9.17) is 4.74 Å². The van der Waals surface area contributed by atoms with E-state index >= 15 is 0 Å². The molecule has 0 saturated carbocycles. The molecule has 0 spiro atoms. The molecule has 1 aromatic heterocycles. The highest BCUT2D eigenvalue weighted by Gasteiger charge is 2.34. The van der Waals surface area contributed by atoms with E-state index in [0.29, 0.717) is 17.9 Å². The van der Waals surface area contributed by atoms with Gasteiger partial charge in [0.2, 0.25) is 5.91 Å². The minimum Gasteiger partial charge on any atom is -0.446 e. The molecule has 0 radical (unpaired) electrons. The van der Waals surface area contributed by atoms with Crippen LogP contribution in [0.1, 0.15) is 27.7 Å². The molecule has 1 aromatic carbocycles. The van der Waals surface area contributed by atoms with Crippen molar-refractivity contribution in [2.45, 2.75) is 46.4 Å². The van der Waals surface area contributed by atoms with E-state index < -0.39 is 12.8 Å². The van der Waals surface area contributed by atoms with Gasteiger partial charge < -0.3 is 9.64 Å². The van der Waals surface area contributed by atoms with Gasteiger partial charge in [0.1, 0.15) is 6.67 Å². The quantitative estimate of drug-likeness (QED) is 0.802. The standard InChI is InChI=1S/C20H25FN4O3/c1-13(2)28-20(27)24-11-14(3)25(15(4)26)18-6-5-16(9-19(18)24)17-10-22-23(12-17)8-7-21/h5-6,9-10,12-14H,7-8,11H2,1-4H3/t14-/m0/s1. The molecule has 1 aliphatic heterocycles. The number of ether oxygens (including phenoxy) is 1. The number of carbonyl (C=O) groups is 2. The molecule has 0 unspecified atom stereocenters. The molecular weight excluding hydrogens is 363 g/mol. The van der Waals surface area contributed by atoms with E-state index in [-0.39, 0.29) is 24.6 Å². The first kappa shape index (κ1) is 19.9. The summed E-state index contributed by atoms with van der Waals surface area (Å²) in [6, 6.07) is 5.36. The predicted octanol–water partition coefficient (Wildman–Crippen LogP) is 3.63. The first-order valence-electron chi connectivity index (χ1n) is 9.32. The molecule has 1 atom stereocenters. The number of hydrogen-bond acceptors (Lipinski definition) is 4. The maximum atomic E-state index is 12.7. The van der Waals surface area contributed by atoms with Gasteiger partial charge in [0.25, 0.3) is 0 Å². The van der Waals surface area contributed by atoms with Gasteiger partial charge in [-0.25, -0.2) is 9.18 Å². The molecule has 2 heterocycles. The van der Waals surface area contributed by atoms with Crippen molar-refractivity contribution < 1.29 is 18.7 Å². The van der Waals surface area contributed by atoms with Gasteiger partial charge in [-0.05, 0) is 38.5 Å². The van der Waals surface area contributed by atoms with Crippen molar-refractivity contribution in [3.8, 4) is 11.1 Å². The van der Waals surface area contributed by atoms with Crippen LogP contribution >= 0.6 is 0 Å². The Balaban J connectivity index is 2.05. The lowest BCUT2D eigenvalue weighted by Gasteiger charge is -2.40. The number of halogens is 1. The van der Waals surface area contributed by atoms with Gasteiger partial charge in [-0.15, -0.1) is 0 Å². The number of alkyl halides is 1. The molecule has 8 heteroatoms. The summed E-state index contributed by atoms with van der Waals surface area (Å²) in [5, 5.41) is 4.15. The van der Waals surface area contributed by atoms with Crippen molar-refractivity contribution in [2.75, 3.05) is 23.0 Å². The van der Waals surface area contributed by atoms with Crippen LogP contribution in [0.5, 0.6) is 0 Å². The zero-order valence-corrected chi connectivity index (χ0v) is 16.6. The molecule has 28 heavy (non-hydrogen) atoms. The first-order chi connectivity index (χ1) is 13.3. The third-order valence-electron chi connectivity index (χ3n) is 4.59. The van der Waals surface area contributed by atoms with Gasteiger partial charge in [-0.3, -0.25) is 14.4 Å². The Morgan fingerprint density at radius 3 is 2.68 bits per heavy atom. The third-order valence-corrected chi connectivity index (χ3v) is 4.59. The fourth-order valence-corrected chi connectivity index (χ4v) is 3.44. The summed E-state index contributed by atoms with van der Waals surface area (Å²) < 4.78 is 19.5. The molecule has 0 aliphatic carbocycles. The Bertz CT molecular complexity index is 880. The second-order valence-electron chi connectivity index (χ2n) is 7.17. The smallest absolute Gasteiger partial charge is 0.414 e. The number of hydrogen-bond donors (Lipinski definition) is 0. The van der Waals surface area contributed by atoms with E-state index in [1.165, 1.54) is 11.6 Å². The van der Waals surface area contributed by atoms with Gasteiger partial charge in [-0.1, -0.05) is 6.07 Å². The van der Waals surface area contributed by atoms with Crippen molar-refractivity contribution in [3.05, 3.63) is 30.6 Å². The largest absolute Gasteiger partial charge is 0.446 e. The molecule has 150 valence electrons. The summed E-state index contributed by atoms with van der Waals surface area (Å²) in [6.45, 7) is 7.03. The van der Waals surface area contributed by atoms with Crippen molar-refractivity contribution >= 4 is 23.4 Å². The van der Waals surface area contributed by atoms with Crippen LogP contribution in [-0.2, 0) is 16.1 Å². The van der Waals surface area contributed by atoms with E-state index in [1.807, 2.05) is 25.1 Å². The average molecular weight is 388 g/mol. The normalized spacial score (nSPS) is 16.3. The van der Waals surface area contributed by atoms with E-state index in [1.54, 1.807) is 36.0 Å².